The van der Waals surface area contributed by atoms with Gasteiger partial charge in [-0.05, 0) is 42.7 Å². The molecule has 1 heterocycles. The molecule has 8 heteroatoms. The summed E-state index contributed by atoms with van der Waals surface area (Å²) in [5, 5.41) is 0. The van der Waals surface area contributed by atoms with Crippen molar-refractivity contribution in [1.29, 1.82) is 0 Å². The second-order valence-electron chi connectivity index (χ2n) is 8.25. The van der Waals surface area contributed by atoms with Gasteiger partial charge in [-0.3, -0.25) is 4.79 Å². The molecule has 0 radical (unpaired) electrons. The molecule has 1 aliphatic heterocycles. The van der Waals surface area contributed by atoms with E-state index in [0.717, 1.165) is 36.9 Å². The van der Waals surface area contributed by atoms with Crippen molar-refractivity contribution in [3.63, 3.8) is 0 Å². The van der Waals surface area contributed by atoms with Crippen LogP contribution in [0.1, 0.15) is 41.6 Å². The maximum atomic E-state index is 13.3. The van der Waals surface area contributed by atoms with Crippen molar-refractivity contribution in [2.45, 2.75) is 43.2 Å². The first-order valence-electron chi connectivity index (χ1n) is 10.7. The van der Waals surface area contributed by atoms with E-state index in [0.29, 0.717) is 25.2 Å². The van der Waals surface area contributed by atoms with Crippen molar-refractivity contribution in [3.05, 3.63) is 53.6 Å². The Labute approximate surface area is 184 Å². The Hall–Kier alpha value is -2.58. The number of hydrogen-bond donors (Lipinski definition) is 1. The second kappa shape index (κ2) is 8.88. The topological polar surface area (TPSA) is 79.0 Å². The largest absolute Gasteiger partial charge is 0.495 e. The van der Waals surface area contributed by atoms with Gasteiger partial charge in [0.05, 0.1) is 7.11 Å². The summed E-state index contributed by atoms with van der Waals surface area (Å²) in [6.07, 6.45) is 3.71. The lowest BCUT2D eigenvalue weighted by molar-refractivity contribution is 0.0751. The molecule has 0 atom stereocenters. The van der Waals surface area contributed by atoms with Gasteiger partial charge in [-0.15, -0.1) is 0 Å². The molecule has 0 unspecified atom stereocenters. The number of nitrogens with zero attached hydrogens (tertiary/aromatic N) is 2. The molecule has 4 rings (SSSR count). The van der Waals surface area contributed by atoms with Crippen LogP contribution in [0.3, 0.4) is 0 Å². The van der Waals surface area contributed by atoms with Crippen molar-refractivity contribution in [2.24, 2.45) is 0 Å². The Balaban J connectivity index is 1.62. The maximum Gasteiger partial charge on any atom is 0.254 e. The molecule has 166 valence electrons. The van der Waals surface area contributed by atoms with Crippen molar-refractivity contribution in [2.75, 3.05) is 32.1 Å². The number of rotatable bonds is 5. The van der Waals surface area contributed by atoms with Gasteiger partial charge in [0.15, 0.2) is 0 Å². The molecular weight excluding hydrogens is 414 g/mol. The van der Waals surface area contributed by atoms with Crippen molar-refractivity contribution >= 4 is 21.6 Å². The predicted octanol–water partition coefficient (Wildman–Crippen LogP) is 3.01. The predicted molar refractivity (Wildman–Crippen MR) is 120 cm³/mol. The molecule has 2 aliphatic rings. The number of amides is 1. The zero-order chi connectivity index (χ0) is 22.0. The van der Waals surface area contributed by atoms with E-state index in [9.17, 15) is 13.2 Å². The lowest BCUT2D eigenvalue weighted by Crippen LogP contribution is -2.35. The van der Waals surface area contributed by atoms with Crippen LogP contribution in [0.4, 0.5) is 5.69 Å². The molecule has 31 heavy (non-hydrogen) atoms. The standard InChI is InChI=1S/C23H29N3O4S/c1-25-13-14-26(16-18-7-3-6-10-20(18)25)23(27)17-11-12-21(30-2)22(15-17)31(28,29)24-19-8-4-5-9-19/h3,6-7,10-12,15,19,24H,4-5,8-9,13-14,16H2,1-2H3. The average molecular weight is 444 g/mol. The average Bonchev–Trinajstić information content (AvgIpc) is 3.21. The summed E-state index contributed by atoms with van der Waals surface area (Å²) in [6.45, 7) is 1.74. The number of ether oxygens (including phenoxy) is 1. The smallest absolute Gasteiger partial charge is 0.254 e. The van der Waals surface area contributed by atoms with Gasteiger partial charge < -0.3 is 14.5 Å². The molecular formula is C23H29N3O4S. The number of para-hydroxylation sites is 1. The first-order chi connectivity index (χ1) is 14.9. The molecule has 0 aromatic heterocycles. The fourth-order valence-corrected chi connectivity index (χ4v) is 5.89. The van der Waals surface area contributed by atoms with Crippen LogP contribution >= 0.6 is 0 Å². The molecule has 2 aromatic carbocycles. The number of anilines is 1. The van der Waals surface area contributed by atoms with Crippen LogP contribution < -0.4 is 14.4 Å². The summed E-state index contributed by atoms with van der Waals surface area (Å²) in [4.78, 5) is 17.3. The molecule has 1 saturated carbocycles. The highest BCUT2D eigenvalue weighted by atomic mass is 32.2. The monoisotopic (exact) mass is 443 g/mol. The van der Waals surface area contributed by atoms with Gasteiger partial charge in [0, 0.05) is 44.0 Å². The van der Waals surface area contributed by atoms with E-state index in [2.05, 4.69) is 15.7 Å². The van der Waals surface area contributed by atoms with E-state index in [4.69, 9.17) is 4.74 Å². The first kappa shape index (κ1) is 21.6. The summed E-state index contributed by atoms with van der Waals surface area (Å²) in [6, 6.07) is 12.6. The Kier molecular flexibility index (Phi) is 6.20. The third-order valence-electron chi connectivity index (χ3n) is 6.13. The van der Waals surface area contributed by atoms with Crippen LogP contribution in [-0.4, -0.2) is 52.5 Å². The van der Waals surface area contributed by atoms with Crippen molar-refractivity contribution < 1.29 is 17.9 Å². The maximum absolute atomic E-state index is 13.3. The highest BCUT2D eigenvalue weighted by Gasteiger charge is 2.28. The molecule has 7 nitrogen and oxygen atoms in total. The van der Waals surface area contributed by atoms with Crippen LogP contribution in [0.15, 0.2) is 47.4 Å². The van der Waals surface area contributed by atoms with Crippen molar-refractivity contribution in [1.82, 2.24) is 9.62 Å². The highest BCUT2D eigenvalue weighted by Crippen LogP contribution is 2.29. The summed E-state index contributed by atoms with van der Waals surface area (Å²) in [7, 11) is -0.341. The third kappa shape index (κ3) is 4.55. The Bertz CT molecular complexity index is 1060. The molecule has 0 bridgehead atoms. The van der Waals surface area contributed by atoms with E-state index in [1.165, 1.54) is 13.2 Å². The summed E-state index contributed by atoms with van der Waals surface area (Å²) >= 11 is 0. The summed E-state index contributed by atoms with van der Waals surface area (Å²) in [5.41, 5.74) is 2.52. The number of carbonyl (C=O) groups is 1. The fourth-order valence-electron chi connectivity index (χ4n) is 4.39. The molecule has 2 aromatic rings. The lowest BCUT2D eigenvalue weighted by Gasteiger charge is -2.22. The Morgan fingerprint density at radius 1 is 1.10 bits per heavy atom. The minimum absolute atomic E-state index is 0.0140. The zero-order valence-corrected chi connectivity index (χ0v) is 18.8. The second-order valence-corrected chi connectivity index (χ2v) is 9.93. The van der Waals surface area contributed by atoms with Gasteiger partial charge in [-0.25, -0.2) is 13.1 Å². The molecule has 1 amide bonds. The lowest BCUT2D eigenvalue weighted by atomic mass is 10.1. The minimum Gasteiger partial charge on any atom is -0.495 e. The van der Waals surface area contributed by atoms with Crippen LogP contribution in [0.2, 0.25) is 0 Å². The van der Waals surface area contributed by atoms with Gasteiger partial charge in [-0.1, -0.05) is 31.0 Å². The van der Waals surface area contributed by atoms with E-state index >= 15 is 0 Å². The first-order valence-corrected chi connectivity index (χ1v) is 12.2. The van der Waals surface area contributed by atoms with Gasteiger partial charge in [0.2, 0.25) is 10.0 Å². The number of carbonyl (C=O) groups excluding carboxylic acids is 1. The molecule has 1 N–H and O–H groups in total. The summed E-state index contributed by atoms with van der Waals surface area (Å²) in [5.74, 6) is 0.0491. The van der Waals surface area contributed by atoms with E-state index < -0.39 is 10.0 Å². The van der Waals surface area contributed by atoms with Crippen LogP contribution in [0.5, 0.6) is 5.75 Å². The van der Waals surface area contributed by atoms with Gasteiger partial charge in [0.1, 0.15) is 10.6 Å². The van der Waals surface area contributed by atoms with E-state index in [1.54, 1.807) is 17.0 Å². The number of sulfonamides is 1. The zero-order valence-electron chi connectivity index (χ0n) is 18.0. The van der Waals surface area contributed by atoms with Crippen LogP contribution in [-0.2, 0) is 16.6 Å². The number of hydrogen-bond acceptors (Lipinski definition) is 5. The van der Waals surface area contributed by atoms with Gasteiger partial charge in [0.25, 0.3) is 5.91 Å². The Morgan fingerprint density at radius 3 is 2.58 bits per heavy atom. The molecule has 1 fully saturated rings. The fraction of sp³-hybridized carbons (Fsp3) is 0.435. The highest BCUT2D eigenvalue weighted by molar-refractivity contribution is 7.89. The quantitative estimate of drug-likeness (QED) is 0.769. The van der Waals surface area contributed by atoms with Crippen LogP contribution in [0, 0.1) is 0 Å². The summed E-state index contributed by atoms with van der Waals surface area (Å²) < 4.78 is 34.2. The minimum atomic E-state index is -3.79. The number of benzene rings is 2. The number of likely N-dealkylation sites (N-methyl/N-ethyl adjacent to an activating group) is 1. The molecule has 0 saturated heterocycles. The van der Waals surface area contributed by atoms with Gasteiger partial charge in [-0.2, -0.15) is 0 Å². The number of fused-ring (bicyclic) bond motifs is 1. The van der Waals surface area contributed by atoms with Crippen molar-refractivity contribution in [3.8, 4) is 5.75 Å². The number of nitrogens with one attached hydrogen (secondary N) is 1. The van der Waals surface area contributed by atoms with E-state index in [1.807, 2.05) is 25.2 Å². The molecule has 0 spiro atoms. The van der Waals surface area contributed by atoms with Gasteiger partial charge >= 0.3 is 0 Å². The normalized spacial score (nSPS) is 17.4. The Morgan fingerprint density at radius 2 is 1.84 bits per heavy atom. The third-order valence-corrected chi connectivity index (χ3v) is 7.68. The van der Waals surface area contributed by atoms with E-state index in [-0.39, 0.29) is 22.6 Å². The molecule has 1 aliphatic carbocycles. The SMILES string of the molecule is COc1ccc(C(=O)N2CCN(C)c3ccccc3C2)cc1S(=O)(=O)NC1CCCC1. The van der Waals surface area contributed by atoms with Crippen LogP contribution in [0.25, 0.3) is 0 Å². The number of methoxy groups -OCH3 is 1.